The number of nitrogens with zero attached hydrogens (tertiary/aromatic N) is 3. The molecule has 2 amide bonds. The lowest BCUT2D eigenvalue weighted by atomic mass is 10.2. The van der Waals surface area contributed by atoms with Gasteiger partial charge < -0.3 is 14.8 Å². The first-order valence-corrected chi connectivity index (χ1v) is 7.93. The van der Waals surface area contributed by atoms with Crippen molar-refractivity contribution in [1.29, 1.82) is 0 Å². The number of piperazine rings is 1. The summed E-state index contributed by atoms with van der Waals surface area (Å²) in [5.41, 5.74) is 0.999. The molecule has 1 aliphatic heterocycles. The monoisotopic (exact) mass is 328 g/mol. The molecule has 0 radical (unpaired) electrons. The standard InChI is InChI=1S/C17H20N4O3/c1-13(22)19-7-9-20(10-8-19)16(23)15-11-18-17(24)21(15)12-14-5-3-2-4-6-14/h2-6,11H,7-10,12H2,1H3,(H,18,24). The summed E-state index contributed by atoms with van der Waals surface area (Å²) in [5, 5.41) is 0. The van der Waals surface area contributed by atoms with E-state index < -0.39 is 0 Å². The van der Waals surface area contributed by atoms with Crippen LogP contribution in [0.25, 0.3) is 0 Å². The molecule has 1 fully saturated rings. The Labute approximate surface area is 139 Å². The predicted octanol–water partition coefficient (Wildman–Crippen LogP) is 0.529. The molecule has 0 spiro atoms. The fraction of sp³-hybridized carbons (Fsp3) is 0.353. The van der Waals surface area contributed by atoms with Gasteiger partial charge in [0.15, 0.2) is 0 Å². The first-order chi connectivity index (χ1) is 11.6. The van der Waals surface area contributed by atoms with E-state index in [-0.39, 0.29) is 17.5 Å². The van der Waals surface area contributed by atoms with Crippen LogP contribution in [0, 0.1) is 0 Å². The molecule has 1 aliphatic rings. The first-order valence-electron chi connectivity index (χ1n) is 7.93. The summed E-state index contributed by atoms with van der Waals surface area (Å²) in [7, 11) is 0. The van der Waals surface area contributed by atoms with Crippen LogP contribution in [0.5, 0.6) is 0 Å². The van der Waals surface area contributed by atoms with Gasteiger partial charge in [0.05, 0.1) is 6.54 Å². The number of amides is 2. The van der Waals surface area contributed by atoms with Gasteiger partial charge in [0.1, 0.15) is 5.69 Å². The molecule has 3 rings (SSSR count). The number of carbonyl (C=O) groups is 2. The molecule has 1 N–H and O–H groups in total. The molecule has 0 aliphatic carbocycles. The number of carbonyl (C=O) groups excluding carboxylic acids is 2. The number of benzene rings is 1. The highest BCUT2D eigenvalue weighted by atomic mass is 16.2. The van der Waals surface area contributed by atoms with Crippen LogP contribution in [-0.4, -0.2) is 57.3 Å². The lowest BCUT2D eigenvalue weighted by molar-refractivity contribution is -0.130. The van der Waals surface area contributed by atoms with Crippen LogP contribution in [-0.2, 0) is 11.3 Å². The minimum Gasteiger partial charge on any atom is -0.339 e. The molecule has 126 valence electrons. The lowest BCUT2D eigenvalue weighted by Crippen LogP contribution is -2.50. The van der Waals surface area contributed by atoms with Crippen molar-refractivity contribution in [1.82, 2.24) is 19.4 Å². The van der Waals surface area contributed by atoms with Gasteiger partial charge in [-0.2, -0.15) is 0 Å². The van der Waals surface area contributed by atoms with Crippen molar-refractivity contribution in [3.8, 4) is 0 Å². The first kappa shape index (κ1) is 16.0. The minimum absolute atomic E-state index is 0.0183. The Hall–Kier alpha value is -2.83. The van der Waals surface area contributed by atoms with E-state index in [1.165, 1.54) is 17.7 Å². The van der Waals surface area contributed by atoms with Crippen molar-refractivity contribution in [2.75, 3.05) is 26.2 Å². The summed E-state index contributed by atoms with van der Waals surface area (Å²) < 4.78 is 1.45. The third-order valence-corrected chi connectivity index (χ3v) is 4.28. The molecular weight excluding hydrogens is 308 g/mol. The third-order valence-electron chi connectivity index (χ3n) is 4.28. The number of nitrogens with one attached hydrogen (secondary N) is 1. The van der Waals surface area contributed by atoms with Crippen molar-refractivity contribution in [2.45, 2.75) is 13.5 Å². The lowest BCUT2D eigenvalue weighted by Gasteiger charge is -2.34. The Morgan fingerprint density at radius 3 is 2.29 bits per heavy atom. The van der Waals surface area contributed by atoms with Gasteiger partial charge in [0.25, 0.3) is 5.91 Å². The van der Waals surface area contributed by atoms with Gasteiger partial charge in [0.2, 0.25) is 5.91 Å². The molecule has 24 heavy (non-hydrogen) atoms. The average molecular weight is 328 g/mol. The average Bonchev–Trinajstić information content (AvgIpc) is 2.96. The fourth-order valence-corrected chi connectivity index (χ4v) is 2.88. The van der Waals surface area contributed by atoms with Crippen LogP contribution in [0.4, 0.5) is 0 Å². The Morgan fingerprint density at radius 2 is 1.67 bits per heavy atom. The van der Waals surface area contributed by atoms with Gasteiger partial charge in [-0.25, -0.2) is 4.79 Å². The highest BCUT2D eigenvalue weighted by Gasteiger charge is 2.25. The second-order valence-corrected chi connectivity index (χ2v) is 5.85. The van der Waals surface area contributed by atoms with Crippen molar-refractivity contribution >= 4 is 11.8 Å². The van der Waals surface area contributed by atoms with E-state index in [0.717, 1.165) is 5.56 Å². The second-order valence-electron chi connectivity index (χ2n) is 5.85. The molecule has 0 saturated carbocycles. The molecule has 2 heterocycles. The van der Waals surface area contributed by atoms with Crippen molar-refractivity contribution in [3.63, 3.8) is 0 Å². The minimum atomic E-state index is -0.301. The van der Waals surface area contributed by atoms with Gasteiger partial charge >= 0.3 is 5.69 Å². The van der Waals surface area contributed by atoms with E-state index in [1.54, 1.807) is 9.80 Å². The van der Waals surface area contributed by atoms with E-state index in [9.17, 15) is 14.4 Å². The largest absolute Gasteiger partial charge is 0.339 e. The molecule has 0 unspecified atom stereocenters. The van der Waals surface area contributed by atoms with E-state index in [1.807, 2.05) is 30.3 Å². The molecule has 0 bridgehead atoms. The SMILES string of the molecule is CC(=O)N1CCN(C(=O)c2c[nH]c(=O)n2Cc2ccccc2)CC1. The maximum Gasteiger partial charge on any atom is 0.326 e. The number of H-pyrrole nitrogens is 1. The highest BCUT2D eigenvalue weighted by molar-refractivity contribution is 5.92. The zero-order valence-corrected chi connectivity index (χ0v) is 13.6. The summed E-state index contributed by atoms with van der Waals surface area (Å²) in [6, 6.07) is 9.54. The van der Waals surface area contributed by atoms with E-state index in [4.69, 9.17) is 0 Å². The number of hydrogen-bond donors (Lipinski definition) is 1. The van der Waals surface area contributed by atoms with Crippen LogP contribution in [0.2, 0.25) is 0 Å². The zero-order valence-electron chi connectivity index (χ0n) is 13.6. The Morgan fingerprint density at radius 1 is 1.04 bits per heavy atom. The van der Waals surface area contributed by atoms with Crippen molar-refractivity contribution in [3.05, 3.63) is 58.3 Å². The van der Waals surface area contributed by atoms with Crippen LogP contribution >= 0.6 is 0 Å². The highest BCUT2D eigenvalue weighted by Crippen LogP contribution is 2.10. The normalized spacial score (nSPS) is 14.7. The molecule has 7 nitrogen and oxygen atoms in total. The number of aromatic nitrogens is 2. The molecule has 1 aromatic heterocycles. The van der Waals surface area contributed by atoms with E-state index in [0.29, 0.717) is 38.4 Å². The fourth-order valence-electron chi connectivity index (χ4n) is 2.88. The zero-order chi connectivity index (χ0) is 17.1. The van der Waals surface area contributed by atoms with Crippen molar-refractivity contribution < 1.29 is 9.59 Å². The molecule has 7 heteroatoms. The quantitative estimate of drug-likeness (QED) is 0.893. The molecule has 1 aromatic carbocycles. The maximum absolute atomic E-state index is 12.7. The summed E-state index contributed by atoms with van der Waals surface area (Å²) in [4.78, 5) is 42.2. The van der Waals surface area contributed by atoms with Gasteiger partial charge in [-0.15, -0.1) is 0 Å². The summed E-state index contributed by atoms with van der Waals surface area (Å²) in [6.07, 6.45) is 1.46. The smallest absolute Gasteiger partial charge is 0.326 e. The van der Waals surface area contributed by atoms with E-state index in [2.05, 4.69) is 4.98 Å². The van der Waals surface area contributed by atoms with Gasteiger partial charge in [-0.3, -0.25) is 14.2 Å². The Balaban J connectivity index is 1.77. The van der Waals surface area contributed by atoms with Crippen molar-refractivity contribution in [2.24, 2.45) is 0 Å². The topological polar surface area (TPSA) is 78.4 Å². The second kappa shape index (κ2) is 6.74. The van der Waals surface area contributed by atoms with Gasteiger partial charge in [-0.05, 0) is 5.56 Å². The number of aromatic amines is 1. The van der Waals surface area contributed by atoms with Crippen LogP contribution in [0.3, 0.4) is 0 Å². The van der Waals surface area contributed by atoms with Gasteiger partial charge in [-0.1, -0.05) is 30.3 Å². The number of hydrogen-bond acceptors (Lipinski definition) is 3. The number of imidazole rings is 1. The molecule has 1 saturated heterocycles. The summed E-state index contributed by atoms with van der Waals surface area (Å²) >= 11 is 0. The maximum atomic E-state index is 12.7. The summed E-state index contributed by atoms with van der Waals surface area (Å²) in [6.45, 7) is 3.87. The molecule has 2 aromatic rings. The third kappa shape index (κ3) is 3.24. The molecule has 0 atom stereocenters. The van der Waals surface area contributed by atoms with Crippen LogP contribution in [0.15, 0.2) is 41.3 Å². The van der Waals surface area contributed by atoms with E-state index >= 15 is 0 Å². The Kier molecular flexibility index (Phi) is 4.50. The van der Waals surface area contributed by atoms with Crippen LogP contribution < -0.4 is 5.69 Å². The Bertz CT molecular complexity index is 786. The summed E-state index contributed by atoms with van der Waals surface area (Å²) in [5.74, 6) is -0.169. The van der Waals surface area contributed by atoms with Gasteiger partial charge in [0, 0.05) is 39.3 Å². The molecular formula is C17H20N4O3. The number of rotatable bonds is 3. The van der Waals surface area contributed by atoms with Crippen LogP contribution in [0.1, 0.15) is 23.0 Å². The predicted molar refractivity (Wildman–Crippen MR) is 88.8 cm³/mol.